The fourth-order valence-corrected chi connectivity index (χ4v) is 1.99. The maximum atomic E-state index is 11.1. The number of rotatable bonds is 6. The SMILES string of the molecule is CCNC(CC)CS(=O)CC. The zero-order valence-corrected chi connectivity index (χ0v) is 8.54. The predicted octanol–water partition coefficient (Wildman–Crippen LogP) is 1.14. The molecule has 2 nitrogen and oxygen atoms in total. The smallest absolute Gasteiger partial charge is 0.0388 e. The van der Waals surface area contributed by atoms with Gasteiger partial charge in [0.2, 0.25) is 0 Å². The van der Waals surface area contributed by atoms with Crippen molar-refractivity contribution >= 4 is 10.8 Å². The first-order valence-electron chi connectivity index (χ1n) is 4.32. The van der Waals surface area contributed by atoms with Crippen molar-refractivity contribution < 1.29 is 4.21 Å². The van der Waals surface area contributed by atoms with Crippen LogP contribution in [0.2, 0.25) is 0 Å². The molecule has 3 heteroatoms. The van der Waals surface area contributed by atoms with Crippen molar-refractivity contribution in [2.24, 2.45) is 0 Å². The third-order valence-corrected chi connectivity index (χ3v) is 3.11. The summed E-state index contributed by atoms with van der Waals surface area (Å²) in [4.78, 5) is 0. The molecule has 0 heterocycles. The number of hydrogen-bond donors (Lipinski definition) is 1. The average molecular weight is 177 g/mol. The Labute approximate surface area is 72.2 Å². The van der Waals surface area contributed by atoms with Crippen molar-refractivity contribution in [3.63, 3.8) is 0 Å². The summed E-state index contributed by atoms with van der Waals surface area (Å²) in [6, 6.07) is 0.445. The third-order valence-electron chi connectivity index (χ3n) is 1.69. The Kier molecular flexibility index (Phi) is 6.87. The highest BCUT2D eigenvalue weighted by molar-refractivity contribution is 7.84. The van der Waals surface area contributed by atoms with E-state index < -0.39 is 10.8 Å². The fourth-order valence-electron chi connectivity index (χ4n) is 0.952. The lowest BCUT2D eigenvalue weighted by molar-refractivity contribution is 0.553. The van der Waals surface area contributed by atoms with E-state index >= 15 is 0 Å². The monoisotopic (exact) mass is 177 g/mol. The zero-order chi connectivity index (χ0) is 8.69. The predicted molar refractivity (Wildman–Crippen MR) is 51.3 cm³/mol. The highest BCUT2D eigenvalue weighted by Gasteiger charge is 2.06. The van der Waals surface area contributed by atoms with Gasteiger partial charge in [-0.1, -0.05) is 20.8 Å². The second kappa shape index (κ2) is 6.80. The molecule has 0 saturated carbocycles. The lowest BCUT2D eigenvalue weighted by atomic mass is 10.2. The zero-order valence-electron chi connectivity index (χ0n) is 7.72. The molecule has 0 bridgehead atoms. The molecule has 0 aromatic carbocycles. The van der Waals surface area contributed by atoms with E-state index in [0.717, 1.165) is 24.5 Å². The van der Waals surface area contributed by atoms with E-state index in [9.17, 15) is 4.21 Å². The summed E-state index contributed by atoms with van der Waals surface area (Å²) in [5.74, 6) is 1.59. The summed E-state index contributed by atoms with van der Waals surface area (Å²) in [6.45, 7) is 7.14. The molecule has 0 spiro atoms. The molecule has 0 rings (SSSR count). The number of hydrogen-bond acceptors (Lipinski definition) is 2. The molecule has 11 heavy (non-hydrogen) atoms. The summed E-state index contributed by atoms with van der Waals surface area (Å²) in [7, 11) is -0.621. The lowest BCUT2D eigenvalue weighted by Gasteiger charge is -2.14. The molecular formula is C8H19NOS. The van der Waals surface area contributed by atoms with Crippen LogP contribution in [0.5, 0.6) is 0 Å². The molecule has 0 aliphatic heterocycles. The van der Waals surface area contributed by atoms with Crippen molar-refractivity contribution in [2.75, 3.05) is 18.1 Å². The van der Waals surface area contributed by atoms with Crippen LogP contribution in [0.3, 0.4) is 0 Å². The first kappa shape index (κ1) is 11.1. The molecule has 0 aromatic heterocycles. The van der Waals surface area contributed by atoms with E-state index in [4.69, 9.17) is 0 Å². The molecular weight excluding hydrogens is 158 g/mol. The topological polar surface area (TPSA) is 29.1 Å². The molecule has 0 fully saturated rings. The second-order valence-electron chi connectivity index (χ2n) is 2.56. The molecule has 0 aliphatic carbocycles. The van der Waals surface area contributed by atoms with Gasteiger partial charge >= 0.3 is 0 Å². The van der Waals surface area contributed by atoms with Gasteiger partial charge in [-0.15, -0.1) is 0 Å². The van der Waals surface area contributed by atoms with Gasteiger partial charge in [-0.3, -0.25) is 4.21 Å². The molecule has 0 amide bonds. The van der Waals surface area contributed by atoms with Crippen LogP contribution < -0.4 is 5.32 Å². The first-order valence-corrected chi connectivity index (χ1v) is 5.81. The molecule has 68 valence electrons. The Bertz CT molecular complexity index is 117. The highest BCUT2D eigenvalue weighted by Crippen LogP contribution is 1.94. The highest BCUT2D eigenvalue weighted by atomic mass is 32.2. The maximum Gasteiger partial charge on any atom is 0.0388 e. The van der Waals surface area contributed by atoms with E-state index in [2.05, 4.69) is 19.2 Å². The summed E-state index contributed by atoms with van der Waals surface area (Å²) < 4.78 is 11.1. The van der Waals surface area contributed by atoms with E-state index in [0.29, 0.717) is 6.04 Å². The second-order valence-corrected chi connectivity index (χ2v) is 4.35. The van der Waals surface area contributed by atoms with Gasteiger partial charge in [-0.25, -0.2) is 0 Å². The molecule has 2 atom stereocenters. The molecule has 2 unspecified atom stereocenters. The van der Waals surface area contributed by atoms with Gasteiger partial charge in [-0.2, -0.15) is 0 Å². The van der Waals surface area contributed by atoms with Gasteiger partial charge < -0.3 is 5.32 Å². The Hall–Kier alpha value is 0.110. The van der Waals surface area contributed by atoms with Crippen molar-refractivity contribution in [3.8, 4) is 0 Å². The van der Waals surface area contributed by atoms with E-state index in [1.54, 1.807) is 0 Å². The van der Waals surface area contributed by atoms with Crippen molar-refractivity contribution in [1.82, 2.24) is 5.32 Å². The minimum Gasteiger partial charge on any atom is -0.313 e. The number of nitrogens with one attached hydrogen (secondary N) is 1. The molecule has 0 aromatic rings. The fraction of sp³-hybridized carbons (Fsp3) is 1.00. The van der Waals surface area contributed by atoms with Gasteiger partial charge in [0, 0.05) is 28.3 Å². The van der Waals surface area contributed by atoms with Crippen LogP contribution in [0.4, 0.5) is 0 Å². The maximum absolute atomic E-state index is 11.1. The molecule has 0 aliphatic rings. The van der Waals surface area contributed by atoms with Crippen LogP contribution >= 0.6 is 0 Å². The average Bonchev–Trinajstić information content (AvgIpc) is 2.03. The quantitative estimate of drug-likeness (QED) is 0.659. The van der Waals surface area contributed by atoms with E-state index in [-0.39, 0.29) is 0 Å². The van der Waals surface area contributed by atoms with Crippen LogP contribution in [0.25, 0.3) is 0 Å². The van der Waals surface area contributed by atoms with E-state index in [1.165, 1.54) is 0 Å². The van der Waals surface area contributed by atoms with Crippen molar-refractivity contribution in [2.45, 2.75) is 33.2 Å². The standard InChI is InChI=1S/C8H19NOS/c1-4-8(9-5-2)7-11(10)6-3/h8-9H,4-7H2,1-3H3. The van der Waals surface area contributed by atoms with E-state index in [1.807, 2.05) is 6.92 Å². The van der Waals surface area contributed by atoms with Crippen molar-refractivity contribution in [3.05, 3.63) is 0 Å². The summed E-state index contributed by atoms with van der Waals surface area (Å²) in [6.07, 6.45) is 1.07. The first-order chi connectivity index (χ1) is 5.24. The Morgan fingerprint density at radius 1 is 1.36 bits per heavy atom. The van der Waals surface area contributed by atoms with Gasteiger partial charge in [0.1, 0.15) is 0 Å². The van der Waals surface area contributed by atoms with Crippen molar-refractivity contribution in [1.29, 1.82) is 0 Å². The Morgan fingerprint density at radius 2 is 2.00 bits per heavy atom. The summed E-state index contributed by atoms with van der Waals surface area (Å²) >= 11 is 0. The van der Waals surface area contributed by atoms with Gasteiger partial charge in [0.15, 0.2) is 0 Å². The minimum atomic E-state index is -0.621. The van der Waals surface area contributed by atoms with Gasteiger partial charge in [-0.05, 0) is 13.0 Å². The van der Waals surface area contributed by atoms with Gasteiger partial charge in [0.25, 0.3) is 0 Å². The van der Waals surface area contributed by atoms with Crippen LogP contribution in [-0.2, 0) is 10.8 Å². The largest absolute Gasteiger partial charge is 0.313 e. The van der Waals surface area contributed by atoms with Crippen LogP contribution in [0.1, 0.15) is 27.2 Å². The summed E-state index contributed by atoms with van der Waals surface area (Å²) in [5.41, 5.74) is 0. The van der Waals surface area contributed by atoms with Gasteiger partial charge in [0.05, 0.1) is 0 Å². The van der Waals surface area contributed by atoms with Crippen LogP contribution in [0, 0.1) is 0 Å². The summed E-state index contributed by atoms with van der Waals surface area (Å²) in [5, 5.41) is 3.30. The minimum absolute atomic E-state index is 0.445. The Balaban J connectivity index is 3.58. The third kappa shape index (κ3) is 5.39. The molecule has 1 N–H and O–H groups in total. The van der Waals surface area contributed by atoms with Crippen LogP contribution in [-0.4, -0.2) is 28.3 Å². The lowest BCUT2D eigenvalue weighted by Crippen LogP contribution is -2.33. The molecule has 0 radical (unpaired) electrons. The Morgan fingerprint density at radius 3 is 2.36 bits per heavy atom. The normalized spacial score (nSPS) is 16.3. The van der Waals surface area contributed by atoms with Crippen LogP contribution in [0.15, 0.2) is 0 Å². The molecule has 0 saturated heterocycles.